The van der Waals surface area contributed by atoms with Gasteiger partial charge in [-0.3, -0.25) is 5.43 Å². The molecule has 11 heteroatoms. The zero-order valence-corrected chi connectivity index (χ0v) is 14.4. The van der Waals surface area contributed by atoms with Crippen LogP contribution in [0.5, 0.6) is 0 Å². The molecule has 0 saturated carbocycles. The summed E-state index contributed by atoms with van der Waals surface area (Å²) in [4.78, 5) is 0. The molecule has 2 bridgehead atoms. The molecule has 2 aliphatic rings. The Morgan fingerprint density at radius 3 is 3.08 bits per heavy atom. The Balaban J connectivity index is 1.68. The number of tetrazole rings is 1. The molecule has 2 fully saturated rings. The zero-order valence-electron chi connectivity index (χ0n) is 12.9. The largest absolute Gasteiger partial charge is 0.375 e. The third-order valence-electron chi connectivity index (χ3n) is 4.06. The number of hydrazone groups is 1. The zero-order chi connectivity index (χ0) is 17.4. The van der Waals surface area contributed by atoms with Gasteiger partial charge in [-0.25, -0.2) is 4.68 Å². The first-order valence-electron chi connectivity index (χ1n) is 7.55. The molecule has 130 valence electrons. The summed E-state index contributed by atoms with van der Waals surface area (Å²) >= 11 is 11.1. The van der Waals surface area contributed by atoms with Crippen molar-refractivity contribution in [2.75, 3.05) is 6.61 Å². The van der Waals surface area contributed by atoms with Gasteiger partial charge in [-0.2, -0.15) is 5.10 Å². The number of halogens is 1. The van der Waals surface area contributed by atoms with E-state index in [0.717, 1.165) is 5.56 Å². The number of benzene rings is 1. The minimum absolute atomic E-state index is 0.0725. The predicted octanol–water partition coefficient (Wildman–Crippen LogP) is 0.869. The number of fused-ring (bicyclic) bond motifs is 2. The number of nitrogens with zero attached hydrogens (tertiary/aromatic N) is 5. The highest BCUT2D eigenvalue weighted by Crippen LogP contribution is 2.36. The number of nitrogens with two attached hydrogens (primary N) is 1. The molecular weight excluding hydrogens is 366 g/mol. The number of hydrogen-bond acceptors (Lipinski definition) is 7. The second-order valence-corrected chi connectivity index (χ2v) is 6.46. The summed E-state index contributed by atoms with van der Waals surface area (Å²) in [6.45, 7) is 0.420. The van der Waals surface area contributed by atoms with Gasteiger partial charge in [0.05, 0.1) is 23.4 Å². The minimum Gasteiger partial charge on any atom is -0.375 e. The van der Waals surface area contributed by atoms with Crippen molar-refractivity contribution in [3.8, 4) is 11.4 Å². The third kappa shape index (κ3) is 3.09. The van der Waals surface area contributed by atoms with Gasteiger partial charge >= 0.3 is 0 Å². The first-order valence-corrected chi connectivity index (χ1v) is 8.34. The molecule has 0 unspecified atom stereocenters. The second kappa shape index (κ2) is 6.64. The maximum Gasteiger partial charge on any atom is 0.199 e. The molecule has 1 aromatic heterocycles. The lowest BCUT2D eigenvalue weighted by molar-refractivity contribution is -0.0320. The molecule has 9 nitrogen and oxygen atoms in total. The molecule has 0 radical (unpaired) electrons. The Morgan fingerprint density at radius 1 is 1.44 bits per heavy atom. The number of aromatic nitrogens is 4. The fraction of sp³-hybridized carbons (Fsp3) is 0.357. The summed E-state index contributed by atoms with van der Waals surface area (Å²) in [6, 6.07) is 7.20. The normalized spacial score (nSPS) is 26.8. The van der Waals surface area contributed by atoms with Crippen molar-refractivity contribution in [3.63, 3.8) is 0 Å². The highest BCUT2D eigenvalue weighted by atomic mass is 35.5. The van der Waals surface area contributed by atoms with E-state index in [-0.39, 0.29) is 17.3 Å². The van der Waals surface area contributed by atoms with E-state index in [1.165, 1.54) is 0 Å². The fourth-order valence-electron chi connectivity index (χ4n) is 2.94. The summed E-state index contributed by atoms with van der Waals surface area (Å²) in [5.74, 6) is 0.561. The van der Waals surface area contributed by atoms with Gasteiger partial charge in [0.1, 0.15) is 6.10 Å². The average Bonchev–Trinajstić information content (AvgIpc) is 3.23. The Kier molecular flexibility index (Phi) is 4.34. The maximum atomic E-state index is 6.29. The summed E-state index contributed by atoms with van der Waals surface area (Å²) < 4.78 is 13.2. The standard InChI is InChI=1S/C14H14ClN7O2S/c15-8-4-2-1-3-7(8)12-18-20-21-22(12)10-5-9(17-19-14(16)25)13-23-6-11(10)24-13/h1-4,10-11,13H,5-6H2,(H3,16,19,25)/t10-,11+,13+/m1/s1. The van der Waals surface area contributed by atoms with Crippen LogP contribution >= 0.6 is 23.8 Å². The number of ether oxygens (including phenoxy) is 2. The van der Waals surface area contributed by atoms with Crippen LogP contribution in [-0.4, -0.2) is 50.0 Å². The fourth-order valence-corrected chi connectivity index (χ4v) is 3.21. The summed E-state index contributed by atoms with van der Waals surface area (Å²) in [5.41, 5.74) is 9.40. The SMILES string of the molecule is NC(=S)NN=C1C[C@@H](n2nnnc2-c2ccccc2Cl)[C@@H]2CO[C@H]1O2. The van der Waals surface area contributed by atoms with Crippen molar-refractivity contribution >= 4 is 34.6 Å². The number of nitrogens with one attached hydrogen (secondary N) is 1. The van der Waals surface area contributed by atoms with Crippen LogP contribution in [0.3, 0.4) is 0 Å². The van der Waals surface area contributed by atoms with E-state index in [1.807, 2.05) is 18.2 Å². The molecule has 3 heterocycles. The van der Waals surface area contributed by atoms with E-state index in [0.29, 0.717) is 29.6 Å². The number of thiocarbonyl (C=S) groups is 1. The first-order chi connectivity index (χ1) is 12.1. The predicted molar refractivity (Wildman–Crippen MR) is 93.9 cm³/mol. The molecule has 2 aromatic rings. The van der Waals surface area contributed by atoms with Crippen molar-refractivity contribution in [2.24, 2.45) is 10.8 Å². The van der Waals surface area contributed by atoms with Gasteiger partial charge in [0.25, 0.3) is 0 Å². The van der Waals surface area contributed by atoms with E-state index < -0.39 is 6.29 Å². The van der Waals surface area contributed by atoms with Gasteiger partial charge < -0.3 is 15.2 Å². The average molecular weight is 380 g/mol. The van der Waals surface area contributed by atoms with Gasteiger partial charge in [-0.1, -0.05) is 23.7 Å². The van der Waals surface area contributed by atoms with Gasteiger partial charge in [0.15, 0.2) is 17.2 Å². The van der Waals surface area contributed by atoms with E-state index in [9.17, 15) is 0 Å². The molecule has 1 aromatic carbocycles. The Morgan fingerprint density at radius 2 is 2.28 bits per heavy atom. The topological polar surface area (TPSA) is 112 Å². The highest BCUT2D eigenvalue weighted by molar-refractivity contribution is 7.80. The van der Waals surface area contributed by atoms with Crippen LogP contribution in [0, 0.1) is 0 Å². The monoisotopic (exact) mass is 379 g/mol. The van der Waals surface area contributed by atoms with Crippen LogP contribution in [0.1, 0.15) is 12.5 Å². The lowest BCUT2D eigenvalue weighted by Gasteiger charge is -2.28. The van der Waals surface area contributed by atoms with Gasteiger partial charge in [0.2, 0.25) is 0 Å². The molecule has 3 N–H and O–H groups in total. The van der Waals surface area contributed by atoms with Gasteiger partial charge in [0, 0.05) is 12.0 Å². The Labute approximate surface area is 153 Å². The number of rotatable bonds is 3. The van der Waals surface area contributed by atoms with E-state index in [1.54, 1.807) is 10.7 Å². The summed E-state index contributed by atoms with van der Waals surface area (Å²) in [7, 11) is 0. The van der Waals surface area contributed by atoms with E-state index in [2.05, 4.69) is 26.1 Å². The third-order valence-corrected chi connectivity index (χ3v) is 4.48. The smallest absolute Gasteiger partial charge is 0.199 e. The molecule has 2 aliphatic heterocycles. The Bertz CT molecular complexity index is 842. The lowest BCUT2D eigenvalue weighted by atomic mass is 10.0. The molecule has 25 heavy (non-hydrogen) atoms. The summed E-state index contributed by atoms with van der Waals surface area (Å²) in [5, 5.41) is 16.9. The molecule has 0 spiro atoms. The molecule has 4 rings (SSSR count). The first kappa shape index (κ1) is 16.3. The van der Waals surface area contributed by atoms with Crippen molar-refractivity contribution in [1.29, 1.82) is 0 Å². The maximum absolute atomic E-state index is 6.29. The minimum atomic E-state index is -0.511. The van der Waals surface area contributed by atoms with Crippen LogP contribution in [0.15, 0.2) is 29.4 Å². The molecule has 2 saturated heterocycles. The van der Waals surface area contributed by atoms with E-state index in [4.69, 9.17) is 39.0 Å². The molecule has 0 amide bonds. The Hall–Kier alpha value is -2.14. The lowest BCUT2D eigenvalue weighted by Crippen LogP contribution is -2.39. The van der Waals surface area contributed by atoms with Crippen LogP contribution in [0.2, 0.25) is 5.02 Å². The molecule has 3 atom stereocenters. The van der Waals surface area contributed by atoms with Gasteiger partial charge in [-0.15, -0.1) is 5.10 Å². The molecule has 0 aliphatic carbocycles. The van der Waals surface area contributed by atoms with Crippen LogP contribution in [0.25, 0.3) is 11.4 Å². The van der Waals surface area contributed by atoms with Crippen molar-refractivity contribution in [3.05, 3.63) is 29.3 Å². The van der Waals surface area contributed by atoms with Crippen molar-refractivity contribution in [2.45, 2.75) is 24.9 Å². The van der Waals surface area contributed by atoms with Crippen LogP contribution in [0.4, 0.5) is 0 Å². The van der Waals surface area contributed by atoms with E-state index >= 15 is 0 Å². The van der Waals surface area contributed by atoms with Crippen molar-refractivity contribution < 1.29 is 9.47 Å². The van der Waals surface area contributed by atoms with Crippen LogP contribution in [-0.2, 0) is 9.47 Å². The highest BCUT2D eigenvalue weighted by Gasteiger charge is 2.44. The summed E-state index contributed by atoms with van der Waals surface area (Å²) in [6.07, 6.45) is -0.158. The van der Waals surface area contributed by atoms with Crippen molar-refractivity contribution in [1.82, 2.24) is 25.6 Å². The molecular formula is C14H14ClN7O2S. The van der Waals surface area contributed by atoms with Gasteiger partial charge in [-0.05, 0) is 34.8 Å². The second-order valence-electron chi connectivity index (χ2n) is 5.62. The number of hydrogen-bond donors (Lipinski definition) is 2. The van der Waals surface area contributed by atoms with Crippen LogP contribution < -0.4 is 11.2 Å². The quantitative estimate of drug-likeness (QED) is 0.596.